The van der Waals surface area contributed by atoms with E-state index in [1.807, 2.05) is 45.0 Å². The van der Waals surface area contributed by atoms with E-state index in [4.69, 9.17) is 9.47 Å². The highest BCUT2D eigenvalue weighted by Gasteiger charge is 2.36. The van der Waals surface area contributed by atoms with Gasteiger partial charge in [-0.1, -0.05) is 42.5 Å². The minimum atomic E-state index is -4.64. The first-order valence-electron chi connectivity index (χ1n) is 9.93. The third-order valence-corrected chi connectivity index (χ3v) is 4.34. The van der Waals surface area contributed by atoms with Crippen molar-refractivity contribution in [2.45, 2.75) is 39.7 Å². The van der Waals surface area contributed by atoms with E-state index in [0.717, 1.165) is 11.8 Å². The van der Waals surface area contributed by atoms with Crippen molar-refractivity contribution in [2.75, 3.05) is 11.4 Å². The van der Waals surface area contributed by atoms with Crippen LogP contribution in [0.1, 0.15) is 31.9 Å². The molecule has 8 heteroatoms. The first-order chi connectivity index (χ1) is 14.8. The number of anilines is 2. The molecule has 0 spiro atoms. The fourth-order valence-electron chi connectivity index (χ4n) is 2.97. The standard InChI is InChI=1S/C23H24F3N3O2/c1-4-29(19-12-8-9-13-20(19)31-16(2)3)22-27-14-18(23(24,25)26)21(28-22)30-15-17-10-6-5-7-11-17/h5-14,16H,4,15H2,1-3H3. The van der Waals surface area contributed by atoms with Crippen LogP contribution in [0, 0.1) is 0 Å². The Morgan fingerprint density at radius 2 is 1.68 bits per heavy atom. The number of hydrogen-bond acceptors (Lipinski definition) is 5. The fourth-order valence-corrected chi connectivity index (χ4v) is 2.97. The summed E-state index contributed by atoms with van der Waals surface area (Å²) in [7, 11) is 0. The molecule has 0 radical (unpaired) electrons. The fraction of sp³-hybridized carbons (Fsp3) is 0.304. The molecule has 0 N–H and O–H groups in total. The number of alkyl halides is 3. The van der Waals surface area contributed by atoms with Crippen LogP contribution in [0.4, 0.5) is 24.8 Å². The lowest BCUT2D eigenvalue weighted by Gasteiger charge is -2.25. The molecule has 0 atom stereocenters. The number of halogens is 3. The lowest BCUT2D eigenvalue weighted by Crippen LogP contribution is -2.22. The molecule has 0 bridgehead atoms. The quantitative estimate of drug-likeness (QED) is 0.437. The van der Waals surface area contributed by atoms with Gasteiger partial charge in [-0.25, -0.2) is 4.98 Å². The van der Waals surface area contributed by atoms with Gasteiger partial charge < -0.3 is 14.4 Å². The van der Waals surface area contributed by atoms with Gasteiger partial charge in [-0.05, 0) is 38.5 Å². The Morgan fingerprint density at radius 3 is 2.32 bits per heavy atom. The Balaban J connectivity index is 1.99. The third-order valence-electron chi connectivity index (χ3n) is 4.34. The van der Waals surface area contributed by atoms with Crippen LogP contribution in [0.2, 0.25) is 0 Å². The molecule has 0 amide bonds. The summed E-state index contributed by atoms with van der Waals surface area (Å²) in [5, 5.41) is 0. The van der Waals surface area contributed by atoms with Crippen molar-refractivity contribution >= 4 is 11.6 Å². The molecule has 0 saturated carbocycles. The van der Waals surface area contributed by atoms with Gasteiger partial charge in [0.25, 0.3) is 0 Å². The molecule has 2 aromatic carbocycles. The molecule has 31 heavy (non-hydrogen) atoms. The maximum Gasteiger partial charge on any atom is 0.423 e. The SMILES string of the molecule is CCN(c1ncc(C(F)(F)F)c(OCc2ccccc2)n1)c1ccccc1OC(C)C. The molecule has 5 nitrogen and oxygen atoms in total. The molecule has 1 aromatic heterocycles. The summed E-state index contributed by atoms with van der Waals surface area (Å²) in [6.07, 6.45) is -3.95. The van der Waals surface area contributed by atoms with E-state index in [2.05, 4.69) is 9.97 Å². The van der Waals surface area contributed by atoms with E-state index in [1.54, 1.807) is 35.2 Å². The van der Waals surface area contributed by atoms with Crippen LogP contribution in [0.3, 0.4) is 0 Å². The van der Waals surface area contributed by atoms with Crippen LogP contribution >= 0.6 is 0 Å². The molecule has 0 saturated heterocycles. The second kappa shape index (κ2) is 9.68. The molecule has 1 heterocycles. The first kappa shape index (κ1) is 22.4. The number of nitrogens with zero attached hydrogens (tertiary/aromatic N) is 3. The van der Waals surface area contributed by atoms with Crippen LogP contribution < -0.4 is 14.4 Å². The Hall–Kier alpha value is -3.29. The van der Waals surface area contributed by atoms with Crippen molar-refractivity contribution in [2.24, 2.45) is 0 Å². The van der Waals surface area contributed by atoms with Crippen molar-refractivity contribution in [3.8, 4) is 11.6 Å². The van der Waals surface area contributed by atoms with Gasteiger partial charge in [0.1, 0.15) is 17.9 Å². The normalized spacial score (nSPS) is 11.5. The summed E-state index contributed by atoms with van der Waals surface area (Å²) in [6.45, 7) is 6.04. The summed E-state index contributed by atoms with van der Waals surface area (Å²) >= 11 is 0. The summed E-state index contributed by atoms with van der Waals surface area (Å²) in [6, 6.07) is 16.2. The molecule has 3 aromatic rings. The van der Waals surface area contributed by atoms with Crippen molar-refractivity contribution < 1.29 is 22.6 Å². The number of hydrogen-bond donors (Lipinski definition) is 0. The van der Waals surface area contributed by atoms with Crippen LogP contribution in [0.5, 0.6) is 11.6 Å². The summed E-state index contributed by atoms with van der Waals surface area (Å²) < 4.78 is 51.9. The van der Waals surface area contributed by atoms with Crippen molar-refractivity contribution in [3.63, 3.8) is 0 Å². The molecule has 164 valence electrons. The second-order valence-electron chi connectivity index (χ2n) is 7.04. The van der Waals surface area contributed by atoms with Gasteiger partial charge in [-0.3, -0.25) is 0 Å². The summed E-state index contributed by atoms with van der Waals surface area (Å²) in [5.41, 5.74) is 0.376. The number of rotatable bonds is 8. The van der Waals surface area contributed by atoms with Crippen LogP contribution in [-0.2, 0) is 12.8 Å². The summed E-state index contributed by atoms with van der Waals surface area (Å²) in [4.78, 5) is 9.81. The van der Waals surface area contributed by atoms with E-state index in [0.29, 0.717) is 18.0 Å². The zero-order chi connectivity index (χ0) is 22.4. The smallest absolute Gasteiger partial charge is 0.423 e. The molecule has 0 unspecified atom stereocenters. The Labute approximate surface area is 179 Å². The number of para-hydroxylation sites is 2. The molecular formula is C23H24F3N3O2. The minimum Gasteiger partial charge on any atom is -0.489 e. The van der Waals surface area contributed by atoms with Gasteiger partial charge in [-0.15, -0.1) is 0 Å². The maximum atomic E-state index is 13.5. The number of aromatic nitrogens is 2. The monoisotopic (exact) mass is 431 g/mol. The lowest BCUT2D eigenvalue weighted by atomic mass is 10.2. The predicted octanol–water partition coefficient (Wildman–Crippen LogP) is 6.02. The number of benzene rings is 2. The largest absolute Gasteiger partial charge is 0.489 e. The molecule has 3 rings (SSSR count). The van der Waals surface area contributed by atoms with Gasteiger partial charge >= 0.3 is 6.18 Å². The van der Waals surface area contributed by atoms with E-state index in [-0.39, 0.29) is 18.7 Å². The Bertz CT molecular complexity index is 995. The summed E-state index contributed by atoms with van der Waals surface area (Å²) in [5.74, 6) is 0.176. The maximum absolute atomic E-state index is 13.5. The van der Waals surface area contributed by atoms with Gasteiger partial charge in [0.05, 0.1) is 11.8 Å². The zero-order valence-electron chi connectivity index (χ0n) is 17.6. The van der Waals surface area contributed by atoms with Gasteiger partial charge in [0, 0.05) is 12.7 Å². The third kappa shape index (κ3) is 5.65. The average molecular weight is 431 g/mol. The van der Waals surface area contributed by atoms with E-state index in [9.17, 15) is 13.2 Å². The molecule has 0 fully saturated rings. The van der Waals surface area contributed by atoms with E-state index in [1.165, 1.54) is 0 Å². The Kier molecular flexibility index (Phi) is 6.99. The predicted molar refractivity (Wildman–Crippen MR) is 113 cm³/mol. The van der Waals surface area contributed by atoms with Crippen molar-refractivity contribution in [3.05, 3.63) is 71.9 Å². The van der Waals surface area contributed by atoms with E-state index < -0.39 is 17.6 Å². The molecular weight excluding hydrogens is 407 g/mol. The topological polar surface area (TPSA) is 47.5 Å². The van der Waals surface area contributed by atoms with Gasteiger partial charge in [-0.2, -0.15) is 18.2 Å². The average Bonchev–Trinajstić information content (AvgIpc) is 2.74. The highest BCUT2D eigenvalue weighted by molar-refractivity contribution is 5.65. The first-order valence-corrected chi connectivity index (χ1v) is 9.93. The van der Waals surface area contributed by atoms with Crippen molar-refractivity contribution in [1.82, 2.24) is 9.97 Å². The highest BCUT2D eigenvalue weighted by Crippen LogP contribution is 2.38. The lowest BCUT2D eigenvalue weighted by molar-refractivity contribution is -0.139. The van der Waals surface area contributed by atoms with Crippen molar-refractivity contribution in [1.29, 1.82) is 0 Å². The minimum absolute atomic E-state index is 0.0421. The van der Waals surface area contributed by atoms with Crippen LogP contribution in [-0.4, -0.2) is 22.6 Å². The molecule has 0 aliphatic heterocycles. The zero-order valence-corrected chi connectivity index (χ0v) is 17.6. The molecule has 0 aliphatic carbocycles. The number of ether oxygens (including phenoxy) is 2. The second-order valence-corrected chi connectivity index (χ2v) is 7.04. The van der Waals surface area contributed by atoms with E-state index >= 15 is 0 Å². The Morgan fingerprint density at radius 1 is 1.00 bits per heavy atom. The molecule has 0 aliphatic rings. The highest BCUT2D eigenvalue weighted by atomic mass is 19.4. The van der Waals surface area contributed by atoms with Crippen LogP contribution in [0.15, 0.2) is 60.8 Å². The van der Waals surface area contributed by atoms with Gasteiger partial charge in [0.2, 0.25) is 11.8 Å². The van der Waals surface area contributed by atoms with Gasteiger partial charge in [0.15, 0.2) is 0 Å². The van der Waals surface area contributed by atoms with Crippen LogP contribution in [0.25, 0.3) is 0 Å².